The van der Waals surface area contributed by atoms with Gasteiger partial charge in [-0.15, -0.1) is 11.3 Å². The number of thiazole rings is 1. The van der Waals surface area contributed by atoms with E-state index in [1.54, 1.807) is 11.3 Å². The fourth-order valence-corrected chi connectivity index (χ4v) is 3.12. The van der Waals surface area contributed by atoms with Crippen molar-refractivity contribution in [2.24, 2.45) is 0 Å². The Bertz CT molecular complexity index is 424. The van der Waals surface area contributed by atoms with Crippen molar-refractivity contribution < 1.29 is 9.90 Å². The molecule has 1 amide bonds. The zero-order chi connectivity index (χ0) is 13.2. The Morgan fingerprint density at radius 1 is 1.61 bits per heavy atom. The number of amides is 1. The van der Waals surface area contributed by atoms with Gasteiger partial charge in [-0.1, -0.05) is 6.92 Å². The SMILES string of the molecule is CCc1nc(C(C)NC(=O)C2(O)CCCC2)cs1. The number of aromatic nitrogens is 1. The second-order valence-corrected chi connectivity index (χ2v) is 5.90. The lowest BCUT2D eigenvalue weighted by molar-refractivity contribution is -0.139. The Labute approximate surface area is 111 Å². The highest BCUT2D eigenvalue weighted by atomic mass is 32.1. The van der Waals surface area contributed by atoms with E-state index in [-0.39, 0.29) is 11.9 Å². The van der Waals surface area contributed by atoms with Gasteiger partial charge in [0.1, 0.15) is 5.60 Å². The molecule has 0 bridgehead atoms. The quantitative estimate of drug-likeness (QED) is 0.880. The van der Waals surface area contributed by atoms with Crippen LogP contribution in [0.3, 0.4) is 0 Å². The molecule has 1 aromatic rings. The number of hydrogen-bond acceptors (Lipinski definition) is 4. The van der Waals surface area contributed by atoms with Crippen LogP contribution in [0.1, 0.15) is 56.3 Å². The van der Waals surface area contributed by atoms with E-state index in [2.05, 4.69) is 17.2 Å². The van der Waals surface area contributed by atoms with E-state index in [1.165, 1.54) is 0 Å². The normalized spacial score (nSPS) is 19.7. The average molecular weight is 268 g/mol. The van der Waals surface area contributed by atoms with Crippen LogP contribution in [0, 0.1) is 0 Å². The number of rotatable bonds is 4. The van der Waals surface area contributed by atoms with Gasteiger partial charge in [-0.2, -0.15) is 0 Å². The number of aliphatic hydroxyl groups is 1. The molecule has 0 saturated heterocycles. The molecule has 0 aromatic carbocycles. The fourth-order valence-electron chi connectivity index (χ4n) is 2.28. The monoisotopic (exact) mass is 268 g/mol. The molecule has 1 heterocycles. The second-order valence-electron chi connectivity index (χ2n) is 4.95. The van der Waals surface area contributed by atoms with Crippen molar-refractivity contribution in [1.29, 1.82) is 0 Å². The smallest absolute Gasteiger partial charge is 0.252 e. The summed E-state index contributed by atoms with van der Waals surface area (Å²) in [5.41, 5.74) is -0.274. The maximum absolute atomic E-state index is 12.0. The Hall–Kier alpha value is -0.940. The molecule has 0 aliphatic heterocycles. The van der Waals surface area contributed by atoms with Crippen molar-refractivity contribution in [3.8, 4) is 0 Å². The minimum absolute atomic E-state index is 0.140. The molecule has 1 aliphatic rings. The summed E-state index contributed by atoms with van der Waals surface area (Å²) in [5, 5.41) is 16.1. The molecule has 0 radical (unpaired) electrons. The third kappa shape index (κ3) is 2.72. The predicted molar refractivity (Wildman–Crippen MR) is 71.5 cm³/mol. The van der Waals surface area contributed by atoms with Crippen molar-refractivity contribution in [2.75, 3.05) is 0 Å². The summed E-state index contributed by atoms with van der Waals surface area (Å²) in [7, 11) is 0. The van der Waals surface area contributed by atoms with Crippen molar-refractivity contribution in [2.45, 2.75) is 57.6 Å². The van der Waals surface area contributed by atoms with Crippen LogP contribution >= 0.6 is 11.3 Å². The van der Waals surface area contributed by atoms with Crippen LogP contribution < -0.4 is 5.32 Å². The van der Waals surface area contributed by atoms with Crippen molar-refractivity contribution in [3.05, 3.63) is 16.1 Å². The first-order chi connectivity index (χ1) is 8.55. The lowest BCUT2D eigenvalue weighted by Gasteiger charge is -2.23. The van der Waals surface area contributed by atoms with E-state index < -0.39 is 5.60 Å². The van der Waals surface area contributed by atoms with Crippen LogP contribution in [0.4, 0.5) is 0 Å². The first-order valence-corrected chi connectivity index (χ1v) is 7.41. The third-order valence-corrected chi connectivity index (χ3v) is 4.53. The van der Waals surface area contributed by atoms with Gasteiger partial charge in [-0.25, -0.2) is 4.98 Å². The van der Waals surface area contributed by atoms with E-state index in [4.69, 9.17) is 0 Å². The van der Waals surface area contributed by atoms with Gasteiger partial charge in [-0.05, 0) is 39.0 Å². The number of nitrogens with one attached hydrogen (secondary N) is 1. The van der Waals surface area contributed by atoms with Gasteiger partial charge < -0.3 is 10.4 Å². The molecule has 1 atom stereocenters. The van der Waals surface area contributed by atoms with Crippen molar-refractivity contribution >= 4 is 17.2 Å². The van der Waals surface area contributed by atoms with E-state index in [9.17, 15) is 9.90 Å². The zero-order valence-corrected chi connectivity index (χ0v) is 11.7. The highest BCUT2D eigenvalue weighted by molar-refractivity contribution is 7.09. The Morgan fingerprint density at radius 2 is 2.28 bits per heavy atom. The van der Waals surface area contributed by atoms with Gasteiger partial charge in [0.05, 0.1) is 16.7 Å². The molecule has 1 aliphatic carbocycles. The number of nitrogens with zero attached hydrogens (tertiary/aromatic N) is 1. The molecular weight excluding hydrogens is 248 g/mol. The Kier molecular flexibility index (Phi) is 4.02. The van der Waals surface area contributed by atoms with Crippen LogP contribution in [0.5, 0.6) is 0 Å². The summed E-state index contributed by atoms with van der Waals surface area (Å²) < 4.78 is 0. The number of carbonyl (C=O) groups excluding carboxylic acids is 1. The van der Waals surface area contributed by atoms with Crippen LogP contribution in [0.15, 0.2) is 5.38 Å². The fraction of sp³-hybridized carbons (Fsp3) is 0.692. The Balaban J connectivity index is 1.98. The standard InChI is InChI=1S/C13H20N2O2S/c1-3-11-15-10(8-18-11)9(2)14-12(16)13(17)6-4-5-7-13/h8-9,17H,3-7H2,1-2H3,(H,14,16). The molecule has 0 spiro atoms. The van der Waals surface area contributed by atoms with Gasteiger partial charge >= 0.3 is 0 Å². The van der Waals surface area contributed by atoms with Crippen LogP contribution in [0.2, 0.25) is 0 Å². The summed E-state index contributed by atoms with van der Waals surface area (Å²) in [5.74, 6) is -0.251. The maximum Gasteiger partial charge on any atom is 0.252 e. The molecule has 1 unspecified atom stereocenters. The molecule has 5 heteroatoms. The molecule has 2 N–H and O–H groups in total. The molecule has 1 saturated carbocycles. The predicted octanol–water partition coefficient (Wildman–Crippen LogP) is 2.19. The van der Waals surface area contributed by atoms with Gasteiger partial charge in [-0.3, -0.25) is 4.79 Å². The lowest BCUT2D eigenvalue weighted by Crippen LogP contribution is -2.45. The molecule has 2 rings (SSSR count). The van der Waals surface area contributed by atoms with E-state index in [0.29, 0.717) is 12.8 Å². The molecule has 18 heavy (non-hydrogen) atoms. The average Bonchev–Trinajstić information content (AvgIpc) is 2.98. The van der Waals surface area contributed by atoms with Crippen LogP contribution in [-0.4, -0.2) is 21.6 Å². The molecule has 1 fully saturated rings. The highest BCUT2D eigenvalue weighted by Crippen LogP contribution is 2.30. The first-order valence-electron chi connectivity index (χ1n) is 6.53. The summed E-state index contributed by atoms with van der Waals surface area (Å²) in [4.78, 5) is 16.5. The molecule has 1 aromatic heterocycles. The molecular formula is C13H20N2O2S. The Morgan fingerprint density at radius 3 is 2.83 bits per heavy atom. The summed E-state index contributed by atoms with van der Waals surface area (Å²) in [6.07, 6.45) is 3.91. The topological polar surface area (TPSA) is 62.2 Å². The maximum atomic E-state index is 12.0. The second kappa shape index (κ2) is 5.36. The lowest BCUT2D eigenvalue weighted by atomic mass is 10.0. The van der Waals surface area contributed by atoms with Crippen molar-refractivity contribution in [3.63, 3.8) is 0 Å². The van der Waals surface area contributed by atoms with Crippen molar-refractivity contribution in [1.82, 2.24) is 10.3 Å². The number of aryl methyl sites for hydroxylation is 1. The molecule has 100 valence electrons. The van der Waals surface area contributed by atoms with E-state index in [0.717, 1.165) is 30.0 Å². The van der Waals surface area contributed by atoms with Crippen LogP contribution in [-0.2, 0) is 11.2 Å². The van der Waals surface area contributed by atoms with Gasteiger partial charge in [0, 0.05) is 5.38 Å². The number of hydrogen-bond donors (Lipinski definition) is 2. The number of carbonyl (C=O) groups is 1. The highest BCUT2D eigenvalue weighted by Gasteiger charge is 2.39. The van der Waals surface area contributed by atoms with Gasteiger partial charge in [0.15, 0.2) is 0 Å². The summed E-state index contributed by atoms with van der Waals surface area (Å²) >= 11 is 1.61. The van der Waals surface area contributed by atoms with Crippen LogP contribution in [0.25, 0.3) is 0 Å². The van der Waals surface area contributed by atoms with E-state index in [1.807, 2.05) is 12.3 Å². The van der Waals surface area contributed by atoms with E-state index >= 15 is 0 Å². The minimum Gasteiger partial charge on any atom is -0.380 e. The zero-order valence-electron chi connectivity index (χ0n) is 10.9. The molecule has 4 nitrogen and oxygen atoms in total. The summed E-state index contributed by atoms with van der Waals surface area (Å²) in [6, 6.07) is -0.140. The minimum atomic E-state index is -1.15. The largest absolute Gasteiger partial charge is 0.380 e. The van der Waals surface area contributed by atoms with Gasteiger partial charge in [0.25, 0.3) is 5.91 Å². The summed E-state index contributed by atoms with van der Waals surface area (Å²) in [6.45, 7) is 3.97. The van der Waals surface area contributed by atoms with Gasteiger partial charge in [0.2, 0.25) is 0 Å². The first kappa shape index (κ1) is 13.5. The third-order valence-electron chi connectivity index (χ3n) is 3.52.